The molecule has 1 atom stereocenters. The minimum absolute atomic E-state index is 0.0793. The number of nitrogens with zero attached hydrogens (tertiary/aromatic N) is 2. The summed E-state index contributed by atoms with van der Waals surface area (Å²) in [5.74, 6) is 0.176. The van der Waals surface area contributed by atoms with Crippen molar-refractivity contribution in [2.45, 2.75) is 57.9 Å². The van der Waals surface area contributed by atoms with Crippen LogP contribution >= 0.6 is 0 Å². The molecule has 3 N–H and O–H groups in total. The van der Waals surface area contributed by atoms with Gasteiger partial charge in [0.25, 0.3) is 0 Å². The van der Waals surface area contributed by atoms with Gasteiger partial charge in [0.15, 0.2) is 5.84 Å². The molecule has 0 radical (unpaired) electrons. The van der Waals surface area contributed by atoms with Gasteiger partial charge in [0, 0.05) is 12.6 Å². The Kier molecular flexibility index (Phi) is 3.78. The van der Waals surface area contributed by atoms with Crippen LogP contribution in [0.25, 0.3) is 0 Å². The van der Waals surface area contributed by atoms with E-state index in [1.54, 1.807) is 0 Å². The molecule has 5 heteroatoms. The van der Waals surface area contributed by atoms with Crippen LogP contribution in [0.3, 0.4) is 0 Å². The molecule has 2 rings (SSSR count). The number of nitrogens with two attached hydrogens (primary N) is 1. The van der Waals surface area contributed by atoms with Gasteiger partial charge >= 0.3 is 0 Å². The van der Waals surface area contributed by atoms with Crippen LogP contribution in [0.2, 0.25) is 0 Å². The van der Waals surface area contributed by atoms with E-state index >= 15 is 0 Å². The Hall–Kier alpha value is -1.26. The molecule has 2 aliphatic rings. The van der Waals surface area contributed by atoms with E-state index in [4.69, 9.17) is 10.9 Å². The minimum Gasteiger partial charge on any atom is -0.409 e. The van der Waals surface area contributed by atoms with Gasteiger partial charge in [-0.05, 0) is 38.5 Å². The first-order chi connectivity index (χ1) is 8.65. The van der Waals surface area contributed by atoms with Crippen LogP contribution in [-0.2, 0) is 4.79 Å². The largest absolute Gasteiger partial charge is 0.409 e. The van der Waals surface area contributed by atoms with E-state index < -0.39 is 5.41 Å². The number of likely N-dealkylation sites (tertiary alicyclic amines) is 1. The highest BCUT2D eigenvalue weighted by atomic mass is 16.4. The van der Waals surface area contributed by atoms with Crippen molar-refractivity contribution in [2.24, 2.45) is 16.3 Å². The van der Waals surface area contributed by atoms with Gasteiger partial charge in [0.1, 0.15) is 5.41 Å². The summed E-state index contributed by atoms with van der Waals surface area (Å²) in [6.07, 6.45) is 6.73. The minimum atomic E-state index is -0.709. The Morgan fingerprint density at radius 1 is 1.44 bits per heavy atom. The van der Waals surface area contributed by atoms with Crippen molar-refractivity contribution in [1.82, 2.24) is 4.90 Å². The summed E-state index contributed by atoms with van der Waals surface area (Å²) in [5, 5.41) is 12.0. The van der Waals surface area contributed by atoms with Crippen molar-refractivity contribution < 1.29 is 10.0 Å². The van der Waals surface area contributed by atoms with Crippen molar-refractivity contribution in [3.05, 3.63) is 0 Å². The zero-order valence-electron chi connectivity index (χ0n) is 11.1. The number of rotatable bonds is 3. The molecule has 5 nitrogen and oxygen atoms in total. The lowest BCUT2D eigenvalue weighted by Gasteiger charge is -2.46. The lowest BCUT2D eigenvalue weighted by atomic mass is 9.66. The molecule has 0 aromatic carbocycles. The van der Waals surface area contributed by atoms with E-state index in [1.165, 1.54) is 6.42 Å². The van der Waals surface area contributed by atoms with Gasteiger partial charge in [0.05, 0.1) is 0 Å². The third kappa shape index (κ3) is 1.95. The topological polar surface area (TPSA) is 78.9 Å². The first-order valence-electron chi connectivity index (χ1n) is 6.95. The molecule has 102 valence electrons. The van der Waals surface area contributed by atoms with Gasteiger partial charge in [-0.1, -0.05) is 18.5 Å². The lowest BCUT2D eigenvalue weighted by Crippen LogP contribution is -2.58. The smallest absolute Gasteiger partial charge is 0.236 e. The zero-order chi connectivity index (χ0) is 13.2. The van der Waals surface area contributed by atoms with E-state index in [0.717, 1.165) is 32.2 Å². The van der Waals surface area contributed by atoms with Crippen molar-refractivity contribution in [1.29, 1.82) is 0 Å². The molecule has 1 unspecified atom stereocenters. The Morgan fingerprint density at radius 3 is 2.67 bits per heavy atom. The summed E-state index contributed by atoms with van der Waals surface area (Å²) < 4.78 is 0. The predicted octanol–water partition coefficient (Wildman–Crippen LogP) is 1.69. The van der Waals surface area contributed by atoms with Crippen LogP contribution in [-0.4, -0.2) is 34.4 Å². The molecule has 1 aliphatic carbocycles. The lowest BCUT2D eigenvalue weighted by molar-refractivity contribution is -0.146. The highest BCUT2D eigenvalue weighted by Crippen LogP contribution is 2.44. The number of carbonyl (C=O) groups is 1. The molecule has 1 saturated heterocycles. The van der Waals surface area contributed by atoms with E-state index in [-0.39, 0.29) is 11.7 Å². The highest BCUT2D eigenvalue weighted by molar-refractivity contribution is 6.07. The number of amides is 1. The van der Waals surface area contributed by atoms with Crippen molar-refractivity contribution in [3.8, 4) is 0 Å². The number of amidine groups is 1. The highest BCUT2D eigenvalue weighted by Gasteiger charge is 2.51. The maximum atomic E-state index is 12.7. The van der Waals surface area contributed by atoms with Gasteiger partial charge in [-0.25, -0.2) is 0 Å². The Balaban J connectivity index is 2.18. The molecular weight excluding hydrogens is 230 g/mol. The van der Waals surface area contributed by atoms with Crippen molar-refractivity contribution >= 4 is 11.7 Å². The van der Waals surface area contributed by atoms with Gasteiger partial charge in [0.2, 0.25) is 5.91 Å². The normalized spacial score (nSPS) is 27.7. The van der Waals surface area contributed by atoms with Crippen molar-refractivity contribution in [2.75, 3.05) is 6.54 Å². The number of hydrogen-bond donors (Lipinski definition) is 2. The van der Waals surface area contributed by atoms with Gasteiger partial charge in [-0.2, -0.15) is 0 Å². The molecule has 1 heterocycles. The van der Waals surface area contributed by atoms with Gasteiger partial charge in [-0.15, -0.1) is 0 Å². The molecule has 0 bridgehead atoms. The van der Waals surface area contributed by atoms with E-state index in [1.807, 2.05) is 4.90 Å². The maximum Gasteiger partial charge on any atom is 0.236 e. The Labute approximate surface area is 108 Å². The third-order valence-electron chi connectivity index (χ3n) is 4.57. The maximum absolute atomic E-state index is 12.7. The fourth-order valence-corrected chi connectivity index (χ4v) is 3.17. The van der Waals surface area contributed by atoms with Crippen LogP contribution < -0.4 is 5.73 Å². The summed E-state index contributed by atoms with van der Waals surface area (Å²) in [6.45, 7) is 2.94. The molecule has 1 amide bonds. The molecule has 0 aromatic rings. The SMILES string of the molecule is CCC1CCCCN1C(=O)C1(C(N)=NO)CCC1. The number of hydrogen-bond acceptors (Lipinski definition) is 3. The zero-order valence-corrected chi connectivity index (χ0v) is 11.1. The van der Waals surface area contributed by atoms with Gasteiger partial charge in [-0.3, -0.25) is 4.79 Å². The standard InChI is InChI=1S/C13H23N3O2/c1-2-10-6-3-4-9-16(10)12(17)13(7-5-8-13)11(14)15-18/h10,18H,2-9H2,1H3,(H2,14,15). The van der Waals surface area contributed by atoms with Crippen LogP contribution in [0, 0.1) is 5.41 Å². The quantitative estimate of drug-likeness (QED) is 0.348. The summed E-state index contributed by atoms with van der Waals surface area (Å²) in [4.78, 5) is 14.7. The molecular formula is C13H23N3O2. The van der Waals surface area contributed by atoms with E-state index in [2.05, 4.69) is 12.1 Å². The Morgan fingerprint density at radius 2 is 2.17 bits per heavy atom. The second-order valence-electron chi connectivity index (χ2n) is 5.48. The van der Waals surface area contributed by atoms with Crippen LogP contribution in [0.4, 0.5) is 0 Å². The summed E-state index contributed by atoms with van der Waals surface area (Å²) in [5.41, 5.74) is 5.05. The van der Waals surface area contributed by atoms with E-state index in [9.17, 15) is 4.79 Å². The third-order valence-corrected chi connectivity index (χ3v) is 4.57. The average Bonchev–Trinajstić information content (AvgIpc) is 2.36. The second-order valence-corrected chi connectivity index (χ2v) is 5.48. The monoisotopic (exact) mass is 253 g/mol. The predicted molar refractivity (Wildman–Crippen MR) is 69.3 cm³/mol. The summed E-state index contributed by atoms with van der Waals surface area (Å²) >= 11 is 0. The molecule has 0 spiro atoms. The summed E-state index contributed by atoms with van der Waals surface area (Å²) in [7, 11) is 0. The fourth-order valence-electron chi connectivity index (χ4n) is 3.17. The molecule has 2 fully saturated rings. The number of carbonyl (C=O) groups excluding carboxylic acids is 1. The first-order valence-corrected chi connectivity index (χ1v) is 6.95. The number of oxime groups is 1. The molecule has 18 heavy (non-hydrogen) atoms. The van der Waals surface area contributed by atoms with Crippen LogP contribution in [0.5, 0.6) is 0 Å². The average molecular weight is 253 g/mol. The van der Waals surface area contributed by atoms with Gasteiger partial charge < -0.3 is 15.8 Å². The molecule has 1 aliphatic heterocycles. The summed E-state index contributed by atoms with van der Waals surface area (Å²) in [6, 6.07) is 0.329. The number of piperidine rings is 1. The second kappa shape index (κ2) is 5.16. The van der Waals surface area contributed by atoms with Crippen molar-refractivity contribution in [3.63, 3.8) is 0 Å². The Bertz CT molecular complexity index is 350. The van der Waals surface area contributed by atoms with Crippen LogP contribution in [0.1, 0.15) is 51.9 Å². The molecule has 0 aromatic heterocycles. The van der Waals surface area contributed by atoms with Crippen LogP contribution in [0.15, 0.2) is 5.16 Å². The molecule has 1 saturated carbocycles. The first kappa shape index (κ1) is 13.2. The van der Waals surface area contributed by atoms with E-state index in [0.29, 0.717) is 18.9 Å². The fraction of sp³-hybridized carbons (Fsp3) is 0.846.